The fourth-order valence-electron chi connectivity index (χ4n) is 4.55. The van der Waals surface area contributed by atoms with E-state index in [4.69, 9.17) is 16.0 Å². The van der Waals surface area contributed by atoms with Gasteiger partial charge >= 0.3 is 11.7 Å². The third-order valence-corrected chi connectivity index (χ3v) is 7.38. The molecule has 3 amide bonds. The van der Waals surface area contributed by atoms with Crippen LogP contribution in [0.2, 0.25) is 5.02 Å². The standard InChI is InChI=1S/C22H19ClN2O4S/c1-2-12-8-17-14(10-16(12)23)13(9-19(26)29-17)11-25-20(27)22(24-21(25)28)6-3-4-18-15(22)5-7-30-18/h5,7-10H,2-4,6,11H2,1H3,(H,24,28). The molecule has 1 atom stereocenters. The van der Waals surface area contributed by atoms with E-state index in [1.807, 2.05) is 18.4 Å². The number of hydrogen-bond donors (Lipinski definition) is 1. The van der Waals surface area contributed by atoms with Gasteiger partial charge in [-0.1, -0.05) is 18.5 Å². The smallest absolute Gasteiger partial charge is 0.336 e. The molecular weight excluding hydrogens is 424 g/mol. The maximum atomic E-state index is 13.5. The van der Waals surface area contributed by atoms with Crippen molar-refractivity contribution < 1.29 is 14.0 Å². The molecule has 8 heteroatoms. The summed E-state index contributed by atoms with van der Waals surface area (Å²) in [6.07, 6.45) is 3.02. The Morgan fingerprint density at radius 3 is 2.87 bits per heavy atom. The lowest BCUT2D eigenvalue weighted by atomic mass is 9.80. The van der Waals surface area contributed by atoms with Crippen molar-refractivity contribution in [2.45, 2.75) is 44.7 Å². The third-order valence-electron chi connectivity index (χ3n) is 6.04. The highest BCUT2D eigenvalue weighted by Crippen LogP contribution is 2.42. The molecule has 0 saturated carbocycles. The molecule has 1 N–H and O–H groups in total. The van der Waals surface area contributed by atoms with Crippen LogP contribution < -0.4 is 10.9 Å². The summed E-state index contributed by atoms with van der Waals surface area (Å²) in [5.74, 6) is -0.274. The second kappa shape index (κ2) is 6.96. The quantitative estimate of drug-likeness (QED) is 0.483. The zero-order chi connectivity index (χ0) is 21.0. The molecule has 1 fully saturated rings. The van der Waals surface area contributed by atoms with Crippen molar-refractivity contribution in [1.82, 2.24) is 10.2 Å². The first kappa shape index (κ1) is 19.3. The van der Waals surface area contributed by atoms with Crippen LogP contribution in [0.5, 0.6) is 0 Å². The van der Waals surface area contributed by atoms with Crippen molar-refractivity contribution in [1.29, 1.82) is 0 Å². The summed E-state index contributed by atoms with van der Waals surface area (Å²) in [7, 11) is 0. The van der Waals surface area contributed by atoms with E-state index in [0.29, 0.717) is 34.4 Å². The van der Waals surface area contributed by atoms with Gasteiger partial charge in [0.15, 0.2) is 0 Å². The third kappa shape index (κ3) is 2.80. The molecule has 5 rings (SSSR count). The van der Waals surface area contributed by atoms with Crippen molar-refractivity contribution in [3.63, 3.8) is 0 Å². The Morgan fingerprint density at radius 2 is 2.07 bits per heavy atom. The van der Waals surface area contributed by atoms with E-state index in [0.717, 1.165) is 28.8 Å². The minimum Gasteiger partial charge on any atom is -0.423 e. The number of halogens is 1. The average Bonchev–Trinajstić information content (AvgIpc) is 3.28. The number of imide groups is 1. The molecule has 6 nitrogen and oxygen atoms in total. The molecule has 2 aromatic heterocycles. The molecule has 1 aliphatic heterocycles. The Balaban J connectivity index is 1.57. The Hall–Kier alpha value is -2.64. The van der Waals surface area contributed by atoms with Crippen LogP contribution in [0.3, 0.4) is 0 Å². The minimum absolute atomic E-state index is 0.0181. The number of carbonyl (C=O) groups excluding carboxylic acids is 2. The lowest BCUT2D eigenvalue weighted by molar-refractivity contribution is -0.132. The highest BCUT2D eigenvalue weighted by molar-refractivity contribution is 7.10. The Labute approximate surface area is 181 Å². The molecule has 2 aliphatic rings. The summed E-state index contributed by atoms with van der Waals surface area (Å²) < 4.78 is 5.35. The normalized spacial score (nSPS) is 20.8. The number of rotatable bonds is 3. The molecule has 1 spiro atoms. The maximum absolute atomic E-state index is 13.5. The first-order valence-electron chi connectivity index (χ1n) is 9.89. The molecule has 1 unspecified atom stereocenters. The second-order valence-electron chi connectivity index (χ2n) is 7.72. The zero-order valence-corrected chi connectivity index (χ0v) is 17.9. The number of fused-ring (bicyclic) bond motifs is 3. The summed E-state index contributed by atoms with van der Waals surface area (Å²) in [4.78, 5) is 40.8. The first-order valence-corrected chi connectivity index (χ1v) is 11.1. The van der Waals surface area contributed by atoms with Crippen molar-refractivity contribution in [2.75, 3.05) is 0 Å². The van der Waals surface area contributed by atoms with E-state index in [-0.39, 0.29) is 12.5 Å². The Bertz CT molecular complexity index is 1260. The predicted octanol–water partition coefficient (Wildman–Crippen LogP) is 4.35. The SMILES string of the molecule is CCc1cc2oc(=O)cc(CN3C(=O)NC4(CCCc5sccc54)C3=O)c2cc1Cl. The number of benzene rings is 1. The van der Waals surface area contributed by atoms with Gasteiger partial charge in [0.05, 0.1) is 6.54 Å². The maximum Gasteiger partial charge on any atom is 0.336 e. The van der Waals surface area contributed by atoms with Crippen LogP contribution in [-0.2, 0) is 29.7 Å². The number of nitrogens with zero attached hydrogens (tertiary/aromatic N) is 1. The molecule has 3 heterocycles. The van der Waals surface area contributed by atoms with E-state index in [2.05, 4.69) is 5.32 Å². The summed E-state index contributed by atoms with van der Waals surface area (Å²) in [5.41, 5.74) is 1.16. The van der Waals surface area contributed by atoms with Crippen LogP contribution in [0.1, 0.15) is 41.3 Å². The van der Waals surface area contributed by atoms with Gasteiger partial charge in [-0.2, -0.15) is 0 Å². The van der Waals surface area contributed by atoms with Gasteiger partial charge in [0, 0.05) is 26.9 Å². The number of aryl methyl sites for hydroxylation is 2. The van der Waals surface area contributed by atoms with Gasteiger partial charge in [-0.15, -0.1) is 11.3 Å². The van der Waals surface area contributed by atoms with Gasteiger partial charge in [-0.25, -0.2) is 9.59 Å². The fourth-order valence-corrected chi connectivity index (χ4v) is 5.84. The molecule has 1 aliphatic carbocycles. The predicted molar refractivity (Wildman–Crippen MR) is 115 cm³/mol. The van der Waals surface area contributed by atoms with Gasteiger partial charge in [-0.3, -0.25) is 9.69 Å². The number of carbonyl (C=O) groups is 2. The van der Waals surface area contributed by atoms with E-state index < -0.39 is 17.2 Å². The molecule has 154 valence electrons. The number of amides is 3. The van der Waals surface area contributed by atoms with E-state index in [1.54, 1.807) is 23.5 Å². The minimum atomic E-state index is -1.01. The van der Waals surface area contributed by atoms with Gasteiger partial charge in [0.2, 0.25) is 0 Å². The molecular formula is C22H19ClN2O4S. The number of nitrogens with one attached hydrogen (secondary N) is 1. The molecule has 30 heavy (non-hydrogen) atoms. The Kier molecular flexibility index (Phi) is 4.48. The molecule has 0 radical (unpaired) electrons. The van der Waals surface area contributed by atoms with Crippen LogP contribution >= 0.6 is 22.9 Å². The average molecular weight is 443 g/mol. The lowest BCUT2D eigenvalue weighted by Gasteiger charge is -2.31. The van der Waals surface area contributed by atoms with E-state index >= 15 is 0 Å². The highest BCUT2D eigenvalue weighted by Gasteiger charge is 2.54. The van der Waals surface area contributed by atoms with E-state index in [1.165, 1.54) is 11.0 Å². The summed E-state index contributed by atoms with van der Waals surface area (Å²) in [5, 5.41) is 6.08. The van der Waals surface area contributed by atoms with Crippen molar-refractivity contribution in [3.05, 3.63) is 66.7 Å². The first-order chi connectivity index (χ1) is 14.4. The van der Waals surface area contributed by atoms with Crippen LogP contribution in [-0.4, -0.2) is 16.8 Å². The van der Waals surface area contributed by atoms with Gasteiger partial charge in [-0.05, 0) is 60.4 Å². The van der Waals surface area contributed by atoms with Crippen molar-refractivity contribution in [3.8, 4) is 0 Å². The van der Waals surface area contributed by atoms with Gasteiger partial charge in [0.1, 0.15) is 11.1 Å². The van der Waals surface area contributed by atoms with Crippen LogP contribution in [0, 0.1) is 0 Å². The second-order valence-corrected chi connectivity index (χ2v) is 9.13. The lowest BCUT2D eigenvalue weighted by Crippen LogP contribution is -2.46. The van der Waals surface area contributed by atoms with Crippen LogP contribution in [0.15, 0.2) is 38.9 Å². The molecule has 0 bridgehead atoms. The summed E-state index contributed by atoms with van der Waals surface area (Å²) in [6, 6.07) is 6.29. The monoisotopic (exact) mass is 442 g/mol. The van der Waals surface area contributed by atoms with E-state index in [9.17, 15) is 14.4 Å². The largest absolute Gasteiger partial charge is 0.423 e. The van der Waals surface area contributed by atoms with Crippen LogP contribution in [0.4, 0.5) is 4.79 Å². The Morgan fingerprint density at radius 1 is 1.23 bits per heavy atom. The van der Waals surface area contributed by atoms with Crippen molar-refractivity contribution >= 4 is 45.8 Å². The van der Waals surface area contributed by atoms with Gasteiger partial charge < -0.3 is 9.73 Å². The summed E-state index contributed by atoms with van der Waals surface area (Å²) >= 11 is 7.98. The zero-order valence-electron chi connectivity index (χ0n) is 16.3. The van der Waals surface area contributed by atoms with Gasteiger partial charge in [0.25, 0.3) is 5.91 Å². The molecule has 3 aromatic rings. The molecule has 1 aromatic carbocycles. The highest BCUT2D eigenvalue weighted by atomic mass is 35.5. The topological polar surface area (TPSA) is 79.6 Å². The van der Waals surface area contributed by atoms with Crippen molar-refractivity contribution in [2.24, 2.45) is 0 Å². The molecule has 1 saturated heterocycles. The number of thiophene rings is 1. The van der Waals surface area contributed by atoms with Crippen LogP contribution in [0.25, 0.3) is 11.0 Å². The number of urea groups is 1. The number of hydrogen-bond acceptors (Lipinski definition) is 5. The summed E-state index contributed by atoms with van der Waals surface area (Å²) in [6.45, 7) is 1.94. The fraction of sp³-hybridized carbons (Fsp3) is 0.318.